The quantitative estimate of drug-likeness (QED) is 0.482. The molecule has 0 unspecified atom stereocenters. The molecule has 1 N–H and O–H groups in total. The van der Waals surface area contributed by atoms with Crippen LogP contribution in [0.3, 0.4) is 0 Å². The third kappa shape index (κ3) is 4.29. The minimum atomic E-state index is -3.30. The number of carbonyl (C=O) groups is 1. The molecule has 1 amide bonds. The molecule has 4 aromatic rings. The third-order valence-electron chi connectivity index (χ3n) is 4.80. The summed E-state index contributed by atoms with van der Waals surface area (Å²) in [7, 11) is -3.30. The van der Waals surface area contributed by atoms with E-state index in [1.165, 1.54) is 12.1 Å². The summed E-state index contributed by atoms with van der Waals surface area (Å²) in [6.07, 6.45) is 1.65. The zero-order chi connectivity index (χ0) is 22.0. The predicted octanol–water partition coefficient (Wildman–Crippen LogP) is 4.49. The Morgan fingerprint density at radius 2 is 1.74 bits per heavy atom. The summed E-state index contributed by atoms with van der Waals surface area (Å²) in [4.78, 5) is 13.3. The summed E-state index contributed by atoms with van der Waals surface area (Å²) >= 11 is 0. The van der Waals surface area contributed by atoms with Gasteiger partial charge in [-0.15, -0.1) is 0 Å². The largest absolute Gasteiger partial charge is 0.460 e. The summed E-state index contributed by atoms with van der Waals surface area (Å²) in [6, 6.07) is 19.1. The molecule has 0 radical (unpaired) electrons. The molecule has 0 saturated carbocycles. The van der Waals surface area contributed by atoms with Crippen molar-refractivity contribution < 1.29 is 17.6 Å². The Kier molecular flexibility index (Phi) is 5.48. The van der Waals surface area contributed by atoms with Gasteiger partial charge in [-0.25, -0.2) is 13.1 Å². The van der Waals surface area contributed by atoms with Gasteiger partial charge < -0.3 is 9.73 Å². The molecule has 31 heavy (non-hydrogen) atoms. The van der Waals surface area contributed by atoms with Crippen LogP contribution < -0.4 is 5.32 Å². The van der Waals surface area contributed by atoms with Crippen LogP contribution in [0.15, 0.2) is 82.2 Å². The molecule has 0 atom stereocenters. The Bertz CT molecular complexity index is 1320. The van der Waals surface area contributed by atoms with Gasteiger partial charge in [0.05, 0.1) is 21.9 Å². The predicted molar refractivity (Wildman–Crippen MR) is 118 cm³/mol. The van der Waals surface area contributed by atoms with Gasteiger partial charge in [0.1, 0.15) is 11.5 Å². The molecule has 7 nitrogen and oxygen atoms in total. The summed E-state index contributed by atoms with van der Waals surface area (Å²) < 4.78 is 31.3. The standard InChI is InChI=1S/C23H21N3O4S/c1-3-31(28,29)19-12-10-17(11-13-19)24-23(27)20-15-26(18-7-5-4-6-8-18)25-22(20)21-14-9-16(2)30-21/h4-15H,3H2,1-2H3,(H,24,27). The first-order valence-corrected chi connectivity index (χ1v) is 11.4. The van der Waals surface area contributed by atoms with Gasteiger partial charge in [-0.2, -0.15) is 5.10 Å². The number of furan rings is 1. The fourth-order valence-electron chi connectivity index (χ4n) is 3.11. The molecule has 0 saturated heterocycles. The summed E-state index contributed by atoms with van der Waals surface area (Å²) in [5, 5.41) is 7.37. The lowest BCUT2D eigenvalue weighted by atomic mass is 10.2. The maximum absolute atomic E-state index is 13.1. The monoisotopic (exact) mass is 435 g/mol. The number of sulfone groups is 1. The molecule has 4 rings (SSSR count). The number of nitrogens with zero attached hydrogens (tertiary/aromatic N) is 2. The molecule has 0 bridgehead atoms. The van der Waals surface area contributed by atoms with Crippen LogP contribution in [0.5, 0.6) is 0 Å². The Balaban J connectivity index is 1.68. The molecule has 0 aliphatic heterocycles. The average Bonchev–Trinajstić information content (AvgIpc) is 3.41. The second-order valence-corrected chi connectivity index (χ2v) is 9.24. The molecular weight excluding hydrogens is 414 g/mol. The highest BCUT2D eigenvalue weighted by Gasteiger charge is 2.21. The van der Waals surface area contributed by atoms with Gasteiger partial charge in [-0.1, -0.05) is 25.1 Å². The first kappa shape index (κ1) is 20.6. The van der Waals surface area contributed by atoms with Crippen molar-refractivity contribution in [3.8, 4) is 17.1 Å². The summed E-state index contributed by atoms with van der Waals surface area (Å²) in [5.74, 6) is 0.839. The molecule has 158 valence electrons. The van der Waals surface area contributed by atoms with E-state index < -0.39 is 9.84 Å². The van der Waals surface area contributed by atoms with Gasteiger partial charge in [0.15, 0.2) is 15.6 Å². The van der Waals surface area contributed by atoms with Crippen LogP contribution in [-0.4, -0.2) is 29.9 Å². The second kappa shape index (κ2) is 8.23. The average molecular weight is 436 g/mol. The number of aromatic nitrogens is 2. The molecule has 0 aliphatic rings. The SMILES string of the molecule is CCS(=O)(=O)c1ccc(NC(=O)c2cn(-c3ccccc3)nc2-c2ccc(C)o2)cc1. The van der Waals surface area contributed by atoms with Crippen LogP contribution in [0.1, 0.15) is 23.0 Å². The van der Waals surface area contributed by atoms with E-state index in [0.717, 1.165) is 5.69 Å². The molecule has 8 heteroatoms. The number of benzene rings is 2. The first-order valence-electron chi connectivity index (χ1n) is 9.73. The second-order valence-electron chi connectivity index (χ2n) is 6.96. The Labute approximate surface area is 180 Å². The number of rotatable bonds is 6. The van der Waals surface area contributed by atoms with Crippen LogP contribution in [0.25, 0.3) is 17.1 Å². The number of hydrogen-bond acceptors (Lipinski definition) is 5. The van der Waals surface area contributed by atoms with E-state index in [1.807, 2.05) is 43.3 Å². The molecule has 0 spiro atoms. The molecule has 0 aliphatic carbocycles. The van der Waals surface area contributed by atoms with Gasteiger partial charge in [0.2, 0.25) is 0 Å². The molecule has 2 heterocycles. The fraction of sp³-hybridized carbons (Fsp3) is 0.130. The van der Waals surface area contributed by atoms with Crippen molar-refractivity contribution in [3.63, 3.8) is 0 Å². The van der Waals surface area contributed by atoms with Crippen molar-refractivity contribution in [2.45, 2.75) is 18.7 Å². The van der Waals surface area contributed by atoms with Crippen LogP contribution in [0, 0.1) is 6.92 Å². The lowest BCUT2D eigenvalue weighted by Gasteiger charge is -2.06. The van der Waals surface area contributed by atoms with Crippen LogP contribution >= 0.6 is 0 Å². The topological polar surface area (TPSA) is 94.2 Å². The zero-order valence-corrected chi connectivity index (χ0v) is 17.9. The van der Waals surface area contributed by atoms with Gasteiger partial charge >= 0.3 is 0 Å². The number of nitrogens with one attached hydrogen (secondary N) is 1. The number of aryl methyl sites for hydroxylation is 1. The van der Waals surface area contributed by atoms with Crippen molar-refractivity contribution in [3.05, 3.63) is 84.3 Å². The first-order chi connectivity index (χ1) is 14.9. The minimum absolute atomic E-state index is 0.0172. The lowest BCUT2D eigenvalue weighted by molar-refractivity contribution is 0.102. The Morgan fingerprint density at radius 3 is 2.35 bits per heavy atom. The smallest absolute Gasteiger partial charge is 0.259 e. The van der Waals surface area contributed by atoms with E-state index in [2.05, 4.69) is 10.4 Å². The number of para-hydroxylation sites is 1. The van der Waals surface area contributed by atoms with Crippen LogP contribution in [0.4, 0.5) is 5.69 Å². The third-order valence-corrected chi connectivity index (χ3v) is 6.56. The number of carbonyl (C=O) groups excluding carboxylic acids is 1. The van der Waals surface area contributed by atoms with E-state index in [0.29, 0.717) is 28.5 Å². The van der Waals surface area contributed by atoms with E-state index in [1.54, 1.807) is 36.0 Å². The maximum Gasteiger partial charge on any atom is 0.259 e. The van der Waals surface area contributed by atoms with Gasteiger partial charge in [0.25, 0.3) is 5.91 Å². The van der Waals surface area contributed by atoms with Crippen LogP contribution in [0.2, 0.25) is 0 Å². The number of anilines is 1. The normalized spacial score (nSPS) is 11.4. The van der Waals surface area contributed by atoms with Crippen molar-refractivity contribution >= 4 is 21.4 Å². The molecular formula is C23H21N3O4S. The van der Waals surface area contributed by atoms with Gasteiger partial charge in [-0.05, 0) is 55.5 Å². The van der Waals surface area contributed by atoms with Crippen molar-refractivity contribution in [2.75, 3.05) is 11.1 Å². The lowest BCUT2D eigenvalue weighted by Crippen LogP contribution is -2.12. The van der Waals surface area contributed by atoms with E-state index in [-0.39, 0.29) is 16.6 Å². The fourth-order valence-corrected chi connectivity index (χ4v) is 3.99. The van der Waals surface area contributed by atoms with E-state index >= 15 is 0 Å². The highest BCUT2D eigenvalue weighted by atomic mass is 32.2. The summed E-state index contributed by atoms with van der Waals surface area (Å²) in [6.45, 7) is 3.41. The van der Waals surface area contributed by atoms with Crippen molar-refractivity contribution in [1.29, 1.82) is 0 Å². The minimum Gasteiger partial charge on any atom is -0.460 e. The molecule has 2 aromatic carbocycles. The Hall–Kier alpha value is -3.65. The maximum atomic E-state index is 13.1. The highest BCUT2D eigenvalue weighted by molar-refractivity contribution is 7.91. The van der Waals surface area contributed by atoms with Gasteiger partial charge in [0, 0.05) is 11.9 Å². The number of hydrogen-bond donors (Lipinski definition) is 1. The van der Waals surface area contributed by atoms with Crippen molar-refractivity contribution in [1.82, 2.24) is 9.78 Å². The van der Waals surface area contributed by atoms with Crippen LogP contribution in [-0.2, 0) is 9.84 Å². The highest BCUT2D eigenvalue weighted by Crippen LogP contribution is 2.27. The zero-order valence-electron chi connectivity index (χ0n) is 17.1. The van der Waals surface area contributed by atoms with E-state index in [9.17, 15) is 13.2 Å². The Morgan fingerprint density at radius 1 is 1.03 bits per heavy atom. The van der Waals surface area contributed by atoms with E-state index in [4.69, 9.17) is 4.42 Å². The summed E-state index contributed by atoms with van der Waals surface area (Å²) in [5.41, 5.74) is 2.04. The van der Waals surface area contributed by atoms with Gasteiger partial charge in [-0.3, -0.25) is 4.79 Å². The number of amides is 1. The van der Waals surface area contributed by atoms with Crippen molar-refractivity contribution in [2.24, 2.45) is 0 Å². The molecule has 0 fully saturated rings. The molecule has 2 aromatic heterocycles.